The molecule has 0 spiro atoms. The van der Waals surface area contributed by atoms with Gasteiger partial charge in [0, 0.05) is 31.7 Å². The Morgan fingerprint density at radius 2 is 1.79 bits per heavy atom. The zero-order valence-corrected chi connectivity index (χ0v) is 18.9. The average molecular weight is 444 g/mol. The van der Waals surface area contributed by atoms with Gasteiger partial charge in [0.1, 0.15) is 17.6 Å². The molecule has 2 aromatic carbocycles. The van der Waals surface area contributed by atoms with Crippen LogP contribution < -0.4 is 14.5 Å². The van der Waals surface area contributed by atoms with Crippen LogP contribution in [-0.4, -0.2) is 43.0 Å². The Morgan fingerprint density at radius 1 is 1.06 bits per heavy atom. The van der Waals surface area contributed by atoms with Gasteiger partial charge in [-0.25, -0.2) is 0 Å². The number of nitrogens with zero attached hydrogens (tertiary/aromatic N) is 3. The Morgan fingerprint density at radius 3 is 2.39 bits per heavy atom. The van der Waals surface area contributed by atoms with Crippen LogP contribution in [0.5, 0.6) is 5.75 Å². The molecule has 3 aromatic rings. The molecule has 1 N–H and O–H groups in total. The lowest BCUT2D eigenvalue weighted by Gasteiger charge is -2.25. The molecule has 0 saturated carbocycles. The molecule has 4 rings (SSSR count). The minimum atomic E-state index is -0.887. The number of pyridine rings is 1. The summed E-state index contributed by atoms with van der Waals surface area (Å²) in [5.41, 5.74) is 3.16. The molecule has 0 radical (unpaired) electrons. The van der Waals surface area contributed by atoms with E-state index in [1.54, 1.807) is 48.7 Å². The molecule has 168 valence electrons. The summed E-state index contributed by atoms with van der Waals surface area (Å²) >= 11 is 0. The van der Waals surface area contributed by atoms with Crippen LogP contribution in [-0.2, 0) is 9.59 Å². The van der Waals surface area contributed by atoms with Gasteiger partial charge in [0.05, 0.1) is 23.9 Å². The number of aromatic nitrogens is 1. The van der Waals surface area contributed by atoms with Crippen LogP contribution >= 0.6 is 0 Å². The first-order valence-corrected chi connectivity index (χ1v) is 10.5. The molecule has 1 aliphatic rings. The monoisotopic (exact) mass is 443 g/mol. The minimum Gasteiger partial charge on any atom is -0.507 e. The van der Waals surface area contributed by atoms with Crippen LogP contribution in [0.3, 0.4) is 0 Å². The van der Waals surface area contributed by atoms with Crippen molar-refractivity contribution >= 4 is 28.8 Å². The molecule has 1 saturated heterocycles. The highest BCUT2D eigenvalue weighted by atomic mass is 16.5. The van der Waals surface area contributed by atoms with Crippen LogP contribution in [0.1, 0.15) is 22.9 Å². The van der Waals surface area contributed by atoms with Gasteiger partial charge < -0.3 is 14.7 Å². The molecule has 1 atom stereocenters. The smallest absolute Gasteiger partial charge is 0.300 e. The number of ketones is 1. The number of Topliss-reactive ketones (excluding diaryl/α,β-unsaturated/α-hetero) is 1. The van der Waals surface area contributed by atoms with E-state index in [1.807, 2.05) is 44.1 Å². The molecule has 7 heteroatoms. The standard InChI is InChI=1S/C26H25N3O4/c1-16-8-13-21(33-4)19(15-16)24(30)22-23(20-7-5-6-14-27-20)29(26(32)25(22)31)18-11-9-17(10-12-18)28(2)3/h5-15,23,30H,1-4H3/b24-22+. The number of carbonyl (C=O) groups excluding carboxylic acids is 2. The number of carbonyl (C=O) groups is 2. The van der Waals surface area contributed by atoms with Gasteiger partial charge in [-0.1, -0.05) is 17.7 Å². The maximum Gasteiger partial charge on any atom is 0.300 e. The molecule has 7 nitrogen and oxygen atoms in total. The number of ether oxygens (including phenoxy) is 1. The van der Waals surface area contributed by atoms with Crippen LogP contribution in [0.4, 0.5) is 11.4 Å². The zero-order chi connectivity index (χ0) is 23.7. The number of hydrogen-bond acceptors (Lipinski definition) is 6. The van der Waals surface area contributed by atoms with Crippen LogP contribution in [0.25, 0.3) is 5.76 Å². The van der Waals surface area contributed by atoms with Gasteiger partial charge in [-0.3, -0.25) is 19.5 Å². The second kappa shape index (κ2) is 8.78. The van der Waals surface area contributed by atoms with E-state index in [1.165, 1.54) is 12.0 Å². The Kier molecular flexibility index (Phi) is 5.87. The Labute approximate surface area is 192 Å². The van der Waals surface area contributed by atoms with E-state index in [9.17, 15) is 14.7 Å². The van der Waals surface area contributed by atoms with Gasteiger partial charge in [-0.05, 0) is 55.5 Å². The van der Waals surface area contributed by atoms with Crippen molar-refractivity contribution < 1.29 is 19.4 Å². The van der Waals surface area contributed by atoms with E-state index in [0.717, 1.165) is 11.3 Å². The first-order chi connectivity index (χ1) is 15.8. The quantitative estimate of drug-likeness (QED) is 0.363. The highest BCUT2D eigenvalue weighted by molar-refractivity contribution is 6.51. The molecule has 1 fully saturated rings. The third kappa shape index (κ3) is 3.93. The number of hydrogen-bond donors (Lipinski definition) is 1. The Hall–Kier alpha value is -4.13. The number of rotatable bonds is 5. The van der Waals surface area contributed by atoms with Crippen molar-refractivity contribution in [1.29, 1.82) is 0 Å². The molecule has 1 aliphatic heterocycles. The van der Waals surface area contributed by atoms with Crippen molar-refractivity contribution in [3.63, 3.8) is 0 Å². The summed E-state index contributed by atoms with van der Waals surface area (Å²) in [4.78, 5) is 34.2. The van der Waals surface area contributed by atoms with E-state index >= 15 is 0 Å². The zero-order valence-electron chi connectivity index (χ0n) is 18.9. The Balaban J connectivity index is 1.94. The first kappa shape index (κ1) is 22.1. The van der Waals surface area contributed by atoms with Gasteiger partial charge >= 0.3 is 0 Å². The van der Waals surface area contributed by atoms with Crippen molar-refractivity contribution in [2.45, 2.75) is 13.0 Å². The second-order valence-corrected chi connectivity index (χ2v) is 8.04. The average Bonchev–Trinajstić information content (AvgIpc) is 3.09. The third-order valence-electron chi connectivity index (χ3n) is 5.67. The Bertz CT molecular complexity index is 1230. The molecule has 2 heterocycles. The van der Waals surface area contributed by atoms with Crippen LogP contribution in [0.15, 0.2) is 72.4 Å². The first-order valence-electron chi connectivity index (χ1n) is 10.5. The van der Waals surface area contributed by atoms with E-state index < -0.39 is 17.7 Å². The summed E-state index contributed by atoms with van der Waals surface area (Å²) in [6.45, 7) is 1.87. The summed E-state index contributed by atoms with van der Waals surface area (Å²) in [5, 5.41) is 11.3. The lowest BCUT2D eigenvalue weighted by Crippen LogP contribution is -2.29. The predicted octanol–water partition coefficient (Wildman–Crippen LogP) is 4.09. The fourth-order valence-electron chi connectivity index (χ4n) is 3.98. The van der Waals surface area contributed by atoms with Crippen molar-refractivity contribution in [3.8, 4) is 5.75 Å². The summed E-state index contributed by atoms with van der Waals surface area (Å²) in [5.74, 6) is -1.39. The molecular weight excluding hydrogens is 418 g/mol. The van der Waals surface area contributed by atoms with Crippen LogP contribution in [0, 0.1) is 6.92 Å². The number of aliphatic hydroxyl groups is 1. The van der Waals surface area contributed by atoms with Crippen molar-refractivity contribution in [2.75, 3.05) is 31.0 Å². The minimum absolute atomic E-state index is 0.0284. The number of aliphatic hydroxyl groups excluding tert-OH is 1. The van der Waals surface area contributed by atoms with E-state index in [0.29, 0.717) is 22.7 Å². The van der Waals surface area contributed by atoms with E-state index in [4.69, 9.17) is 4.74 Å². The van der Waals surface area contributed by atoms with E-state index in [2.05, 4.69) is 4.98 Å². The molecule has 1 aromatic heterocycles. The predicted molar refractivity (Wildman–Crippen MR) is 128 cm³/mol. The fourth-order valence-corrected chi connectivity index (χ4v) is 3.98. The number of benzene rings is 2. The highest BCUT2D eigenvalue weighted by Gasteiger charge is 2.47. The fraction of sp³-hybridized carbons (Fsp3) is 0.192. The van der Waals surface area contributed by atoms with Crippen LogP contribution in [0.2, 0.25) is 0 Å². The topological polar surface area (TPSA) is 83.0 Å². The van der Waals surface area contributed by atoms with E-state index in [-0.39, 0.29) is 11.3 Å². The largest absolute Gasteiger partial charge is 0.507 e. The van der Waals surface area contributed by atoms with Gasteiger partial charge in [0.25, 0.3) is 11.7 Å². The van der Waals surface area contributed by atoms with Crippen molar-refractivity contribution in [3.05, 3.63) is 89.3 Å². The lowest BCUT2D eigenvalue weighted by atomic mass is 9.97. The molecule has 1 unspecified atom stereocenters. The maximum atomic E-state index is 13.3. The van der Waals surface area contributed by atoms with Crippen molar-refractivity contribution in [2.24, 2.45) is 0 Å². The number of methoxy groups -OCH3 is 1. The maximum absolute atomic E-state index is 13.3. The number of amides is 1. The molecule has 1 amide bonds. The molecule has 0 bridgehead atoms. The SMILES string of the molecule is COc1ccc(C)cc1/C(O)=C1\C(=O)C(=O)N(c2ccc(N(C)C)cc2)C1c1ccccn1. The summed E-state index contributed by atoms with van der Waals surface area (Å²) in [7, 11) is 5.33. The molecule has 0 aliphatic carbocycles. The number of aryl methyl sites for hydroxylation is 1. The highest BCUT2D eigenvalue weighted by Crippen LogP contribution is 2.43. The lowest BCUT2D eigenvalue weighted by molar-refractivity contribution is -0.132. The number of anilines is 2. The van der Waals surface area contributed by atoms with Gasteiger partial charge in [0.2, 0.25) is 0 Å². The molecule has 33 heavy (non-hydrogen) atoms. The van der Waals surface area contributed by atoms with Gasteiger partial charge in [0.15, 0.2) is 0 Å². The summed E-state index contributed by atoms with van der Waals surface area (Å²) in [6, 6.07) is 17.0. The third-order valence-corrected chi connectivity index (χ3v) is 5.67. The van der Waals surface area contributed by atoms with Crippen molar-refractivity contribution in [1.82, 2.24) is 4.98 Å². The van der Waals surface area contributed by atoms with Gasteiger partial charge in [-0.2, -0.15) is 0 Å². The molecular formula is C26H25N3O4. The summed E-state index contributed by atoms with van der Waals surface area (Å²) < 4.78 is 5.41. The summed E-state index contributed by atoms with van der Waals surface area (Å²) in [6.07, 6.45) is 1.60. The van der Waals surface area contributed by atoms with Gasteiger partial charge in [-0.15, -0.1) is 0 Å². The normalized spacial score (nSPS) is 17.3. The second-order valence-electron chi connectivity index (χ2n) is 8.04.